The number of rotatable bonds is 8. The fourth-order valence-electron chi connectivity index (χ4n) is 3.54. The first-order chi connectivity index (χ1) is 16.0. The van der Waals surface area contributed by atoms with Gasteiger partial charge in [0, 0.05) is 36.9 Å². The number of methoxy groups -OCH3 is 1. The van der Waals surface area contributed by atoms with Crippen LogP contribution in [0, 0.1) is 6.92 Å². The number of carbonyl (C=O) groups excluding carboxylic acids is 1. The number of aromatic nitrogens is 4. The Kier molecular flexibility index (Phi) is 7.05. The van der Waals surface area contributed by atoms with Gasteiger partial charge in [0.15, 0.2) is 5.16 Å². The first-order valence-electron chi connectivity index (χ1n) is 10.3. The average Bonchev–Trinajstić information content (AvgIpc) is 3.46. The van der Waals surface area contributed by atoms with Crippen LogP contribution in [0.15, 0.2) is 72.4 Å². The Labute approximate surface area is 201 Å². The van der Waals surface area contributed by atoms with Crippen LogP contribution < -0.4 is 10.1 Å². The Morgan fingerprint density at radius 2 is 1.97 bits per heavy atom. The van der Waals surface area contributed by atoms with Gasteiger partial charge in [-0.3, -0.25) is 9.36 Å². The number of imidazole rings is 2. The van der Waals surface area contributed by atoms with Crippen molar-refractivity contribution in [3.63, 3.8) is 0 Å². The zero-order valence-electron chi connectivity index (χ0n) is 18.5. The summed E-state index contributed by atoms with van der Waals surface area (Å²) >= 11 is 7.65. The monoisotopic (exact) mass is 481 g/mol. The largest absolute Gasteiger partial charge is 0.497 e. The number of nitrogens with one attached hydrogen (secondary N) is 1. The van der Waals surface area contributed by atoms with Gasteiger partial charge < -0.3 is 14.6 Å². The summed E-state index contributed by atoms with van der Waals surface area (Å²) in [7, 11) is 3.52. The molecule has 33 heavy (non-hydrogen) atoms. The lowest BCUT2D eigenvalue weighted by Gasteiger charge is -2.20. The third-order valence-corrected chi connectivity index (χ3v) is 6.66. The summed E-state index contributed by atoms with van der Waals surface area (Å²) in [6.45, 7) is 1.96. The molecule has 0 aliphatic heterocycles. The molecular weight excluding hydrogens is 458 g/mol. The molecule has 0 saturated heterocycles. The van der Waals surface area contributed by atoms with E-state index in [-0.39, 0.29) is 11.7 Å². The predicted octanol–water partition coefficient (Wildman–Crippen LogP) is 4.57. The molecule has 7 nitrogen and oxygen atoms in total. The van der Waals surface area contributed by atoms with Crippen LogP contribution in [-0.4, -0.2) is 37.9 Å². The van der Waals surface area contributed by atoms with E-state index in [0.717, 1.165) is 22.6 Å². The normalized spacial score (nSPS) is 11.9. The molecule has 4 rings (SSSR count). The van der Waals surface area contributed by atoms with E-state index in [9.17, 15) is 4.79 Å². The number of nitrogens with zero attached hydrogens (tertiary/aromatic N) is 4. The zero-order chi connectivity index (χ0) is 23.4. The summed E-state index contributed by atoms with van der Waals surface area (Å²) in [5.74, 6) is 1.52. The van der Waals surface area contributed by atoms with E-state index in [2.05, 4.69) is 15.3 Å². The van der Waals surface area contributed by atoms with Crippen molar-refractivity contribution in [2.45, 2.75) is 18.1 Å². The van der Waals surface area contributed by atoms with Gasteiger partial charge in [0.1, 0.15) is 17.6 Å². The standard InChI is InChI=1S/C24H24ClN5O2S/c1-16-19(25)8-5-9-20(16)30-13-11-27-24(30)33-15-21(31)28-22(23-26-10-12-29(23)2)17-6-4-7-18(14-17)32-3/h4-14,22H,15H2,1-3H3,(H,28,31)/t22-/m0/s1. The average molecular weight is 482 g/mol. The molecular formula is C24H24ClN5O2S. The molecule has 1 N–H and O–H groups in total. The highest BCUT2D eigenvalue weighted by Gasteiger charge is 2.22. The van der Waals surface area contributed by atoms with E-state index < -0.39 is 6.04 Å². The van der Waals surface area contributed by atoms with Crippen molar-refractivity contribution in [3.8, 4) is 11.4 Å². The second kappa shape index (κ2) is 10.1. The molecule has 1 amide bonds. The molecule has 2 aromatic carbocycles. The lowest BCUT2D eigenvalue weighted by Crippen LogP contribution is -2.32. The van der Waals surface area contributed by atoms with Gasteiger partial charge in [0.05, 0.1) is 18.6 Å². The first-order valence-corrected chi connectivity index (χ1v) is 11.7. The molecule has 0 unspecified atom stereocenters. The number of thioether (sulfide) groups is 1. The Morgan fingerprint density at radius 1 is 1.18 bits per heavy atom. The molecule has 9 heteroatoms. The number of benzene rings is 2. The van der Waals surface area contributed by atoms with E-state index in [4.69, 9.17) is 16.3 Å². The third-order valence-electron chi connectivity index (χ3n) is 5.29. The van der Waals surface area contributed by atoms with Crippen LogP contribution >= 0.6 is 23.4 Å². The highest BCUT2D eigenvalue weighted by molar-refractivity contribution is 7.99. The van der Waals surface area contributed by atoms with Crippen molar-refractivity contribution >= 4 is 29.3 Å². The minimum Gasteiger partial charge on any atom is -0.497 e. The SMILES string of the molecule is COc1cccc([C@H](NC(=O)CSc2nccn2-c2cccc(Cl)c2C)c2nccn2C)c1. The maximum Gasteiger partial charge on any atom is 0.231 e. The number of carbonyl (C=O) groups is 1. The van der Waals surface area contributed by atoms with Gasteiger partial charge in [-0.1, -0.05) is 41.6 Å². The maximum absolute atomic E-state index is 13.0. The predicted molar refractivity (Wildman–Crippen MR) is 130 cm³/mol. The van der Waals surface area contributed by atoms with Gasteiger partial charge in [-0.2, -0.15) is 0 Å². The van der Waals surface area contributed by atoms with Crippen LogP contribution in [0.5, 0.6) is 5.75 Å². The van der Waals surface area contributed by atoms with Crippen molar-refractivity contribution in [1.82, 2.24) is 24.4 Å². The van der Waals surface area contributed by atoms with Gasteiger partial charge >= 0.3 is 0 Å². The molecule has 4 aromatic rings. The van der Waals surface area contributed by atoms with Crippen molar-refractivity contribution in [3.05, 3.63) is 89.2 Å². The molecule has 2 aromatic heterocycles. The molecule has 0 spiro atoms. The highest BCUT2D eigenvalue weighted by Crippen LogP contribution is 2.28. The lowest BCUT2D eigenvalue weighted by molar-refractivity contribution is -0.119. The van der Waals surface area contributed by atoms with Crippen molar-refractivity contribution in [2.24, 2.45) is 7.05 Å². The molecule has 0 radical (unpaired) electrons. The van der Waals surface area contributed by atoms with E-state index in [1.807, 2.05) is 78.0 Å². The van der Waals surface area contributed by atoms with Gasteiger partial charge in [-0.25, -0.2) is 9.97 Å². The Hall–Kier alpha value is -3.23. The van der Waals surface area contributed by atoms with Gasteiger partial charge in [-0.15, -0.1) is 0 Å². The quantitative estimate of drug-likeness (QED) is 0.373. The van der Waals surface area contributed by atoms with Crippen molar-refractivity contribution in [2.75, 3.05) is 12.9 Å². The Bertz CT molecular complexity index is 1270. The summed E-state index contributed by atoms with van der Waals surface area (Å²) < 4.78 is 9.20. The van der Waals surface area contributed by atoms with E-state index in [0.29, 0.717) is 15.9 Å². The Balaban J connectivity index is 1.52. The number of halogens is 1. The van der Waals surface area contributed by atoms with Crippen molar-refractivity contribution < 1.29 is 9.53 Å². The molecule has 0 saturated carbocycles. The minimum absolute atomic E-state index is 0.131. The lowest BCUT2D eigenvalue weighted by atomic mass is 10.1. The molecule has 0 fully saturated rings. The van der Waals surface area contributed by atoms with Crippen LogP contribution in [0.3, 0.4) is 0 Å². The second-order valence-electron chi connectivity index (χ2n) is 7.43. The topological polar surface area (TPSA) is 74.0 Å². The molecule has 170 valence electrons. The first kappa shape index (κ1) is 22.9. The fourth-order valence-corrected chi connectivity index (χ4v) is 4.49. The number of aryl methyl sites for hydroxylation is 1. The van der Waals surface area contributed by atoms with E-state index in [1.165, 1.54) is 11.8 Å². The fraction of sp³-hybridized carbons (Fsp3) is 0.208. The summed E-state index contributed by atoms with van der Waals surface area (Å²) in [5.41, 5.74) is 2.78. The summed E-state index contributed by atoms with van der Waals surface area (Å²) in [5, 5.41) is 4.51. The van der Waals surface area contributed by atoms with Gasteiger partial charge in [-0.05, 0) is 42.3 Å². The van der Waals surface area contributed by atoms with E-state index in [1.54, 1.807) is 19.5 Å². The van der Waals surface area contributed by atoms with Crippen molar-refractivity contribution in [1.29, 1.82) is 0 Å². The number of ether oxygens (including phenoxy) is 1. The zero-order valence-corrected chi connectivity index (χ0v) is 20.1. The van der Waals surface area contributed by atoms with Crippen LogP contribution in [0.2, 0.25) is 5.02 Å². The molecule has 2 heterocycles. The van der Waals surface area contributed by atoms with Crippen LogP contribution in [0.1, 0.15) is 23.0 Å². The van der Waals surface area contributed by atoms with Gasteiger partial charge in [0.25, 0.3) is 0 Å². The third kappa shape index (κ3) is 5.07. The molecule has 1 atom stereocenters. The van der Waals surface area contributed by atoms with E-state index >= 15 is 0 Å². The van der Waals surface area contributed by atoms with Crippen LogP contribution in [0.4, 0.5) is 0 Å². The summed E-state index contributed by atoms with van der Waals surface area (Å²) in [6, 6.07) is 12.9. The van der Waals surface area contributed by atoms with Crippen LogP contribution in [0.25, 0.3) is 5.69 Å². The summed E-state index contributed by atoms with van der Waals surface area (Å²) in [4.78, 5) is 21.9. The molecule has 0 aliphatic rings. The smallest absolute Gasteiger partial charge is 0.231 e. The van der Waals surface area contributed by atoms with Crippen LogP contribution in [-0.2, 0) is 11.8 Å². The maximum atomic E-state index is 13.0. The minimum atomic E-state index is -0.414. The molecule has 0 aliphatic carbocycles. The number of hydrogen-bond acceptors (Lipinski definition) is 5. The summed E-state index contributed by atoms with van der Waals surface area (Å²) in [6.07, 6.45) is 7.15. The van der Waals surface area contributed by atoms with Gasteiger partial charge in [0.2, 0.25) is 5.91 Å². The highest BCUT2D eigenvalue weighted by atomic mass is 35.5. The second-order valence-corrected chi connectivity index (χ2v) is 8.78. The Morgan fingerprint density at radius 3 is 2.73 bits per heavy atom. The molecule has 0 bridgehead atoms. The number of hydrogen-bond donors (Lipinski definition) is 1. The number of amides is 1.